The van der Waals surface area contributed by atoms with Crippen molar-refractivity contribution in [2.45, 2.75) is 38.0 Å². The van der Waals surface area contributed by atoms with E-state index in [4.69, 9.17) is 5.11 Å². The number of carbonyl (C=O) groups excluding carboxylic acids is 1. The van der Waals surface area contributed by atoms with Crippen LogP contribution in [0.5, 0.6) is 0 Å². The summed E-state index contributed by atoms with van der Waals surface area (Å²) in [5.74, 6) is 0.0313. The average molecular weight is 287 g/mol. The predicted molar refractivity (Wildman–Crippen MR) is 79.3 cm³/mol. The van der Waals surface area contributed by atoms with Crippen molar-refractivity contribution in [3.05, 3.63) is 35.4 Å². The maximum absolute atomic E-state index is 12.3. The fourth-order valence-electron chi connectivity index (χ4n) is 3.26. The molecule has 1 heterocycles. The smallest absolute Gasteiger partial charge is 0.335 e. The standard InChI is InChI=1S/C17H21NO3/c19-16(13-3-1-4-13)18-10-2-5-15(11-18)12-6-8-14(9-7-12)17(20)21/h6-9,13,15H,1-5,10-11H2,(H,20,21)/t15-/m0/s1. The maximum atomic E-state index is 12.3. The van der Waals surface area contributed by atoms with Gasteiger partial charge in [-0.1, -0.05) is 18.6 Å². The van der Waals surface area contributed by atoms with Gasteiger partial charge in [-0.3, -0.25) is 4.79 Å². The molecule has 1 amide bonds. The molecule has 0 radical (unpaired) electrons. The van der Waals surface area contributed by atoms with Gasteiger partial charge in [0.1, 0.15) is 0 Å². The van der Waals surface area contributed by atoms with Crippen molar-refractivity contribution in [2.75, 3.05) is 13.1 Å². The largest absolute Gasteiger partial charge is 0.478 e. The van der Waals surface area contributed by atoms with Crippen LogP contribution in [-0.2, 0) is 4.79 Å². The van der Waals surface area contributed by atoms with E-state index in [1.807, 2.05) is 17.0 Å². The molecule has 1 aromatic rings. The second-order valence-electron chi connectivity index (χ2n) is 6.18. The third kappa shape index (κ3) is 2.94. The molecule has 1 N–H and O–H groups in total. The van der Waals surface area contributed by atoms with E-state index in [-0.39, 0.29) is 5.92 Å². The molecule has 0 unspecified atom stereocenters. The molecule has 1 saturated heterocycles. The molecular formula is C17H21NO3. The summed E-state index contributed by atoms with van der Waals surface area (Å²) in [6.07, 6.45) is 5.38. The first-order valence-corrected chi connectivity index (χ1v) is 7.77. The molecule has 1 atom stereocenters. The number of rotatable bonds is 3. The Kier molecular flexibility index (Phi) is 3.95. The molecule has 112 valence electrons. The molecule has 1 aromatic carbocycles. The van der Waals surface area contributed by atoms with Crippen molar-refractivity contribution in [3.8, 4) is 0 Å². The van der Waals surface area contributed by atoms with Gasteiger partial charge in [0.05, 0.1) is 5.56 Å². The second-order valence-corrected chi connectivity index (χ2v) is 6.18. The number of piperidine rings is 1. The van der Waals surface area contributed by atoms with Crippen molar-refractivity contribution in [3.63, 3.8) is 0 Å². The molecular weight excluding hydrogens is 266 g/mol. The van der Waals surface area contributed by atoms with Crippen LogP contribution in [-0.4, -0.2) is 35.0 Å². The van der Waals surface area contributed by atoms with Gasteiger partial charge in [-0.25, -0.2) is 4.79 Å². The fraction of sp³-hybridized carbons (Fsp3) is 0.529. The predicted octanol–water partition coefficient (Wildman–Crippen LogP) is 2.89. The summed E-state index contributed by atoms with van der Waals surface area (Å²) < 4.78 is 0. The summed E-state index contributed by atoms with van der Waals surface area (Å²) in [5.41, 5.74) is 1.46. The molecule has 4 heteroatoms. The number of nitrogens with zero attached hydrogens (tertiary/aromatic N) is 1. The quantitative estimate of drug-likeness (QED) is 0.930. The van der Waals surface area contributed by atoms with E-state index in [1.165, 1.54) is 6.42 Å². The van der Waals surface area contributed by atoms with Gasteiger partial charge in [-0.15, -0.1) is 0 Å². The highest BCUT2D eigenvalue weighted by atomic mass is 16.4. The number of carbonyl (C=O) groups is 2. The molecule has 1 aliphatic carbocycles. The maximum Gasteiger partial charge on any atom is 0.335 e. The Balaban J connectivity index is 1.67. The van der Waals surface area contributed by atoms with Crippen molar-refractivity contribution in [2.24, 2.45) is 5.92 Å². The van der Waals surface area contributed by atoms with E-state index < -0.39 is 5.97 Å². The zero-order valence-corrected chi connectivity index (χ0v) is 12.1. The minimum absolute atomic E-state index is 0.262. The summed E-state index contributed by atoms with van der Waals surface area (Å²) in [6, 6.07) is 7.10. The minimum Gasteiger partial charge on any atom is -0.478 e. The van der Waals surface area contributed by atoms with Crippen LogP contribution in [0.4, 0.5) is 0 Å². The van der Waals surface area contributed by atoms with Crippen LogP contribution < -0.4 is 0 Å². The van der Waals surface area contributed by atoms with Crippen molar-refractivity contribution in [1.82, 2.24) is 4.90 Å². The monoisotopic (exact) mass is 287 g/mol. The van der Waals surface area contributed by atoms with Crippen LogP contribution in [0.2, 0.25) is 0 Å². The number of hydrogen-bond donors (Lipinski definition) is 1. The zero-order valence-electron chi connectivity index (χ0n) is 12.1. The molecule has 21 heavy (non-hydrogen) atoms. The topological polar surface area (TPSA) is 57.6 Å². The van der Waals surface area contributed by atoms with Crippen LogP contribution in [0.15, 0.2) is 24.3 Å². The number of benzene rings is 1. The minimum atomic E-state index is -0.896. The summed E-state index contributed by atoms with van der Waals surface area (Å²) in [6.45, 7) is 1.65. The highest BCUT2D eigenvalue weighted by molar-refractivity contribution is 5.87. The molecule has 0 bridgehead atoms. The van der Waals surface area contributed by atoms with E-state index in [9.17, 15) is 9.59 Å². The Morgan fingerprint density at radius 1 is 1.05 bits per heavy atom. The summed E-state index contributed by atoms with van der Waals surface area (Å²) in [7, 11) is 0. The molecule has 2 aliphatic rings. The number of carboxylic acids is 1. The highest BCUT2D eigenvalue weighted by Crippen LogP contribution is 2.32. The zero-order chi connectivity index (χ0) is 14.8. The first-order chi connectivity index (χ1) is 10.1. The molecule has 3 rings (SSSR count). The van der Waals surface area contributed by atoms with Gasteiger partial charge < -0.3 is 10.0 Å². The summed E-state index contributed by atoms with van der Waals surface area (Å²) >= 11 is 0. The van der Waals surface area contributed by atoms with E-state index >= 15 is 0 Å². The third-order valence-electron chi connectivity index (χ3n) is 4.82. The van der Waals surface area contributed by atoms with Crippen LogP contribution in [0, 0.1) is 5.92 Å². The van der Waals surface area contributed by atoms with Gasteiger partial charge in [0.25, 0.3) is 0 Å². The molecule has 0 spiro atoms. The lowest BCUT2D eigenvalue weighted by Crippen LogP contribution is -2.44. The summed E-state index contributed by atoms with van der Waals surface area (Å²) in [5, 5.41) is 8.94. The Morgan fingerprint density at radius 2 is 1.76 bits per heavy atom. The van der Waals surface area contributed by atoms with Gasteiger partial charge in [-0.05, 0) is 43.4 Å². The number of amides is 1. The number of aromatic carboxylic acids is 1. The molecule has 1 saturated carbocycles. The summed E-state index contributed by atoms with van der Waals surface area (Å²) in [4.78, 5) is 25.3. The van der Waals surface area contributed by atoms with Gasteiger partial charge in [0.15, 0.2) is 0 Å². The normalized spacial score (nSPS) is 22.7. The molecule has 1 aliphatic heterocycles. The average Bonchev–Trinajstić information content (AvgIpc) is 2.45. The number of likely N-dealkylation sites (tertiary alicyclic amines) is 1. The molecule has 0 aromatic heterocycles. The van der Waals surface area contributed by atoms with Gasteiger partial charge in [0.2, 0.25) is 5.91 Å². The Bertz CT molecular complexity index is 533. The lowest BCUT2D eigenvalue weighted by Gasteiger charge is -2.37. The molecule has 4 nitrogen and oxygen atoms in total. The van der Waals surface area contributed by atoms with Crippen molar-refractivity contribution >= 4 is 11.9 Å². The lowest BCUT2D eigenvalue weighted by atomic mass is 9.83. The Labute approximate surface area is 124 Å². The van der Waals surface area contributed by atoms with E-state index in [2.05, 4.69) is 0 Å². The third-order valence-corrected chi connectivity index (χ3v) is 4.82. The van der Waals surface area contributed by atoms with Gasteiger partial charge in [0, 0.05) is 24.9 Å². The Hall–Kier alpha value is -1.84. The van der Waals surface area contributed by atoms with Crippen LogP contribution in [0.1, 0.15) is 53.9 Å². The van der Waals surface area contributed by atoms with E-state index in [0.29, 0.717) is 17.4 Å². The van der Waals surface area contributed by atoms with Crippen molar-refractivity contribution in [1.29, 1.82) is 0 Å². The van der Waals surface area contributed by atoms with Gasteiger partial charge >= 0.3 is 5.97 Å². The number of carboxylic acid groups (broad SMARTS) is 1. The van der Waals surface area contributed by atoms with Crippen LogP contribution in [0.3, 0.4) is 0 Å². The van der Waals surface area contributed by atoms with E-state index in [1.54, 1.807) is 12.1 Å². The number of hydrogen-bond acceptors (Lipinski definition) is 2. The van der Waals surface area contributed by atoms with E-state index in [0.717, 1.165) is 44.3 Å². The molecule has 2 fully saturated rings. The van der Waals surface area contributed by atoms with Gasteiger partial charge in [-0.2, -0.15) is 0 Å². The Morgan fingerprint density at radius 3 is 2.33 bits per heavy atom. The fourth-order valence-corrected chi connectivity index (χ4v) is 3.26. The second kappa shape index (κ2) is 5.88. The highest BCUT2D eigenvalue weighted by Gasteiger charge is 2.32. The first-order valence-electron chi connectivity index (χ1n) is 7.77. The van der Waals surface area contributed by atoms with Crippen LogP contribution in [0.25, 0.3) is 0 Å². The lowest BCUT2D eigenvalue weighted by molar-refractivity contribution is -0.139. The first kappa shape index (κ1) is 14.1. The van der Waals surface area contributed by atoms with Crippen LogP contribution >= 0.6 is 0 Å². The van der Waals surface area contributed by atoms with Crippen molar-refractivity contribution < 1.29 is 14.7 Å². The SMILES string of the molecule is O=C(O)c1ccc([C@H]2CCCN(C(=O)C3CCC3)C2)cc1.